The van der Waals surface area contributed by atoms with E-state index in [0.717, 1.165) is 27.9 Å². The lowest BCUT2D eigenvalue weighted by Crippen LogP contribution is -2.37. The molecule has 1 aliphatic heterocycles. The van der Waals surface area contributed by atoms with Gasteiger partial charge in [-0.05, 0) is 61.2 Å². The molecule has 0 spiro atoms. The van der Waals surface area contributed by atoms with Crippen LogP contribution in [0.15, 0.2) is 60.9 Å². The Morgan fingerprint density at radius 1 is 1.13 bits per heavy atom. The van der Waals surface area contributed by atoms with E-state index in [4.69, 9.17) is 4.74 Å². The summed E-state index contributed by atoms with van der Waals surface area (Å²) in [6.07, 6.45) is 4.17. The number of aryl methyl sites for hydroxylation is 1. The third-order valence-electron chi connectivity index (χ3n) is 5.62. The fraction of sp³-hybridized carbons (Fsp3) is 0.240. The van der Waals surface area contributed by atoms with Crippen LogP contribution in [0.4, 0.5) is 5.69 Å². The maximum Gasteiger partial charge on any atom is 0.262 e. The first-order chi connectivity index (χ1) is 15.0. The van der Waals surface area contributed by atoms with Crippen LogP contribution in [-0.4, -0.2) is 34.8 Å². The predicted octanol–water partition coefficient (Wildman–Crippen LogP) is 3.91. The molecule has 2 amide bonds. The second kappa shape index (κ2) is 9.00. The van der Waals surface area contributed by atoms with E-state index in [2.05, 4.69) is 10.3 Å². The van der Waals surface area contributed by atoms with Crippen LogP contribution in [0.25, 0.3) is 0 Å². The van der Waals surface area contributed by atoms with E-state index in [1.54, 1.807) is 18.5 Å². The molecule has 2 heterocycles. The summed E-state index contributed by atoms with van der Waals surface area (Å²) in [4.78, 5) is 31.3. The standard InChI is InChI=1S/C25H25N3O3/c1-17-6-3-9-22(18(17)2)27-24(29)16-31-23-10-4-8-21-20(23)11-13-28(25(21)30)15-19-7-5-12-26-14-19/h3-10,12,14H,11,13,15-16H2,1-2H3,(H,27,29). The fourth-order valence-electron chi connectivity index (χ4n) is 3.76. The second-order valence-electron chi connectivity index (χ2n) is 7.70. The molecule has 0 fully saturated rings. The van der Waals surface area contributed by atoms with Gasteiger partial charge in [0.05, 0.1) is 0 Å². The highest BCUT2D eigenvalue weighted by atomic mass is 16.5. The number of anilines is 1. The summed E-state index contributed by atoms with van der Waals surface area (Å²) in [7, 11) is 0. The lowest BCUT2D eigenvalue weighted by Gasteiger charge is -2.29. The summed E-state index contributed by atoms with van der Waals surface area (Å²) >= 11 is 0. The van der Waals surface area contributed by atoms with Crippen molar-refractivity contribution in [2.45, 2.75) is 26.8 Å². The molecule has 0 saturated heterocycles. The van der Waals surface area contributed by atoms with Crippen LogP contribution < -0.4 is 10.1 Å². The van der Waals surface area contributed by atoms with Crippen molar-refractivity contribution in [3.8, 4) is 5.75 Å². The molecule has 158 valence electrons. The van der Waals surface area contributed by atoms with E-state index in [1.807, 2.05) is 61.2 Å². The number of fused-ring (bicyclic) bond motifs is 1. The van der Waals surface area contributed by atoms with Gasteiger partial charge in [-0.25, -0.2) is 0 Å². The fourth-order valence-corrected chi connectivity index (χ4v) is 3.76. The van der Waals surface area contributed by atoms with Crippen molar-refractivity contribution in [2.75, 3.05) is 18.5 Å². The van der Waals surface area contributed by atoms with Crippen molar-refractivity contribution in [1.82, 2.24) is 9.88 Å². The Balaban J connectivity index is 1.43. The molecule has 0 bridgehead atoms. The van der Waals surface area contributed by atoms with E-state index < -0.39 is 0 Å². The molecule has 1 aromatic heterocycles. The number of pyridine rings is 1. The first-order valence-electron chi connectivity index (χ1n) is 10.3. The minimum absolute atomic E-state index is 0.0320. The third kappa shape index (κ3) is 4.58. The van der Waals surface area contributed by atoms with Crippen molar-refractivity contribution in [1.29, 1.82) is 0 Å². The van der Waals surface area contributed by atoms with Crippen molar-refractivity contribution in [3.05, 3.63) is 88.7 Å². The molecule has 0 atom stereocenters. The summed E-state index contributed by atoms with van der Waals surface area (Å²) in [5.41, 5.74) is 5.41. The Kier molecular flexibility index (Phi) is 5.98. The monoisotopic (exact) mass is 415 g/mol. The van der Waals surface area contributed by atoms with Gasteiger partial charge in [0, 0.05) is 42.3 Å². The number of aromatic nitrogens is 1. The molecule has 0 aliphatic carbocycles. The van der Waals surface area contributed by atoms with Gasteiger partial charge in [0.25, 0.3) is 11.8 Å². The Hall–Kier alpha value is -3.67. The Bertz CT molecular complexity index is 1110. The Morgan fingerprint density at radius 2 is 1.97 bits per heavy atom. The zero-order valence-electron chi connectivity index (χ0n) is 17.7. The van der Waals surface area contributed by atoms with Gasteiger partial charge in [-0.1, -0.05) is 24.3 Å². The molecule has 6 heteroatoms. The highest BCUT2D eigenvalue weighted by molar-refractivity contribution is 5.97. The van der Waals surface area contributed by atoms with Gasteiger partial charge >= 0.3 is 0 Å². The molecule has 2 aromatic carbocycles. The first kappa shape index (κ1) is 20.6. The molecule has 1 aliphatic rings. The number of hydrogen-bond acceptors (Lipinski definition) is 4. The van der Waals surface area contributed by atoms with Gasteiger partial charge in [0.2, 0.25) is 0 Å². The second-order valence-corrected chi connectivity index (χ2v) is 7.70. The van der Waals surface area contributed by atoms with E-state index in [-0.39, 0.29) is 18.4 Å². The summed E-state index contributed by atoms with van der Waals surface area (Å²) in [6, 6.07) is 15.0. The maximum atomic E-state index is 13.0. The van der Waals surface area contributed by atoms with E-state index in [9.17, 15) is 9.59 Å². The molecule has 3 aromatic rings. The molecule has 4 rings (SSSR count). The molecule has 6 nitrogen and oxygen atoms in total. The van der Waals surface area contributed by atoms with Crippen LogP contribution in [0.1, 0.15) is 32.6 Å². The smallest absolute Gasteiger partial charge is 0.262 e. The molecule has 1 N–H and O–H groups in total. The van der Waals surface area contributed by atoms with Crippen LogP contribution in [0.5, 0.6) is 5.75 Å². The van der Waals surface area contributed by atoms with Crippen LogP contribution in [-0.2, 0) is 17.8 Å². The number of benzene rings is 2. The van der Waals surface area contributed by atoms with Crippen LogP contribution in [0.3, 0.4) is 0 Å². The van der Waals surface area contributed by atoms with Gasteiger partial charge in [-0.3, -0.25) is 14.6 Å². The normalized spacial score (nSPS) is 13.0. The lowest BCUT2D eigenvalue weighted by molar-refractivity contribution is -0.118. The lowest BCUT2D eigenvalue weighted by atomic mass is 9.97. The predicted molar refractivity (Wildman–Crippen MR) is 119 cm³/mol. The first-order valence-corrected chi connectivity index (χ1v) is 10.3. The average Bonchev–Trinajstić information content (AvgIpc) is 2.78. The highest BCUT2D eigenvalue weighted by Gasteiger charge is 2.27. The van der Waals surface area contributed by atoms with E-state index in [0.29, 0.717) is 30.8 Å². The SMILES string of the molecule is Cc1cccc(NC(=O)COc2cccc3c2CCN(Cc2cccnc2)C3=O)c1C. The average molecular weight is 415 g/mol. The number of ether oxygens (including phenoxy) is 1. The van der Waals surface area contributed by atoms with Gasteiger partial charge in [0.15, 0.2) is 6.61 Å². The Morgan fingerprint density at radius 3 is 2.77 bits per heavy atom. The third-order valence-corrected chi connectivity index (χ3v) is 5.62. The van der Waals surface area contributed by atoms with Crippen molar-refractivity contribution < 1.29 is 14.3 Å². The van der Waals surface area contributed by atoms with E-state index >= 15 is 0 Å². The van der Waals surface area contributed by atoms with Crippen LogP contribution >= 0.6 is 0 Å². The largest absolute Gasteiger partial charge is 0.483 e. The number of hydrogen-bond donors (Lipinski definition) is 1. The zero-order valence-corrected chi connectivity index (χ0v) is 17.7. The van der Waals surface area contributed by atoms with Crippen molar-refractivity contribution >= 4 is 17.5 Å². The molecule has 0 unspecified atom stereocenters. The molecule has 0 saturated carbocycles. The molecular formula is C25H25N3O3. The van der Waals surface area contributed by atoms with Crippen LogP contribution in [0, 0.1) is 13.8 Å². The van der Waals surface area contributed by atoms with Crippen molar-refractivity contribution in [2.24, 2.45) is 0 Å². The van der Waals surface area contributed by atoms with Crippen molar-refractivity contribution in [3.63, 3.8) is 0 Å². The van der Waals surface area contributed by atoms with Crippen LogP contribution in [0.2, 0.25) is 0 Å². The summed E-state index contributed by atoms with van der Waals surface area (Å²) in [5.74, 6) is 0.324. The number of nitrogens with zero attached hydrogens (tertiary/aromatic N) is 2. The summed E-state index contributed by atoms with van der Waals surface area (Å²) in [6.45, 7) is 4.98. The van der Waals surface area contributed by atoms with Gasteiger partial charge in [0.1, 0.15) is 5.75 Å². The topological polar surface area (TPSA) is 71.5 Å². The molecule has 0 radical (unpaired) electrons. The van der Waals surface area contributed by atoms with Gasteiger partial charge in [-0.15, -0.1) is 0 Å². The number of carbonyl (C=O) groups excluding carboxylic acids is 2. The maximum absolute atomic E-state index is 13.0. The minimum Gasteiger partial charge on any atom is -0.483 e. The molecule has 31 heavy (non-hydrogen) atoms. The number of amides is 2. The minimum atomic E-state index is -0.230. The number of carbonyl (C=O) groups is 2. The quantitative estimate of drug-likeness (QED) is 0.663. The van der Waals surface area contributed by atoms with E-state index in [1.165, 1.54) is 0 Å². The number of rotatable bonds is 6. The van der Waals surface area contributed by atoms with Gasteiger partial charge < -0.3 is 15.0 Å². The Labute approximate surface area is 181 Å². The highest BCUT2D eigenvalue weighted by Crippen LogP contribution is 2.29. The zero-order chi connectivity index (χ0) is 21.8. The van der Waals surface area contributed by atoms with Gasteiger partial charge in [-0.2, -0.15) is 0 Å². The molecular weight excluding hydrogens is 390 g/mol. The summed E-state index contributed by atoms with van der Waals surface area (Å²) < 4.78 is 5.82. The summed E-state index contributed by atoms with van der Waals surface area (Å²) in [5, 5.41) is 2.90. The number of nitrogens with one attached hydrogen (secondary N) is 1.